The number of halogens is 1. The van der Waals surface area contributed by atoms with Gasteiger partial charge in [0.1, 0.15) is 0 Å². The summed E-state index contributed by atoms with van der Waals surface area (Å²) in [5.41, 5.74) is 3.42. The summed E-state index contributed by atoms with van der Waals surface area (Å²) in [6, 6.07) is 21.4. The molecule has 0 atom stereocenters. The Morgan fingerprint density at radius 1 is 0.968 bits per heavy atom. The van der Waals surface area contributed by atoms with E-state index in [0.717, 1.165) is 29.7 Å². The van der Waals surface area contributed by atoms with E-state index < -0.39 is 10.0 Å². The van der Waals surface area contributed by atoms with Gasteiger partial charge in [-0.25, -0.2) is 8.42 Å². The molecule has 0 aromatic heterocycles. The molecule has 3 aromatic rings. The molecule has 1 amide bonds. The molecule has 1 aliphatic heterocycles. The van der Waals surface area contributed by atoms with E-state index in [1.807, 2.05) is 24.3 Å². The molecule has 0 aliphatic carbocycles. The molecule has 0 saturated carbocycles. The number of nitrogens with zero attached hydrogens (tertiary/aromatic N) is 1. The number of carbonyl (C=O) groups is 1. The highest BCUT2D eigenvalue weighted by Crippen LogP contribution is 2.31. The van der Waals surface area contributed by atoms with Gasteiger partial charge < -0.3 is 5.32 Å². The normalized spacial score (nSPS) is 13.5. The zero-order valence-corrected chi connectivity index (χ0v) is 18.5. The van der Waals surface area contributed by atoms with E-state index in [-0.39, 0.29) is 10.8 Å². The molecule has 1 heterocycles. The maximum atomic E-state index is 13.2. The summed E-state index contributed by atoms with van der Waals surface area (Å²) in [5, 5.41) is 3.44. The second-order valence-electron chi connectivity index (χ2n) is 7.51. The van der Waals surface area contributed by atoms with Crippen LogP contribution < -0.4 is 9.62 Å². The number of aryl methyl sites for hydroxylation is 2. The first-order valence-corrected chi connectivity index (χ1v) is 12.0. The summed E-state index contributed by atoms with van der Waals surface area (Å²) in [7, 11) is -3.62. The van der Waals surface area contributed by atoms with Crippen molar-refractivity contribution in [1.82, 2.24) is 0 Å². The van der Waals surface area contributed by atoms with Crippen LogP contribution in [0.4, 0.5) is 11.4 Å². The lowest BCUT2D eigenvalue weighted by atomic mass is 10.0. The number of amides is 1. The molecule has 0 saturated heterocycles. The third kappa shape index (κ3) is 4.92. The molecule has 5 nitrogen and oxygen atoms in total. The molecule has 31 heavy (non-hydrogen) atoms. The molecule has 7 heteroatoms. The summed E-state index contributed by atoms with van der Waals surface area (Å²) in [6.45, 7) is 0.478. The lowest BCUT2D eigenvalue weighted by Crippen LogP contribution is -2.35. The van der Waals surface area contributed by atoms with E-state index >= 15 is 0 Å². The van der Waals surface area contributed by atoms with Gasteiger partial charge in [0.25, 0.3) is 10.0 Å². The summed E-state index contributed by atoms with van der Waals surface area (Å²) in [4.78, 5) is 12.4. The lowest BCUT2D eigenvalue weighted by molar-refractivity contribution is -0.116. The zero-order chi connectivity index (χ0) is 21.8. The van der Waals surface area contributed by atoms with E-state index in [2.05, 4.69) is 5.32 Å². The van der Waals surface area contributed by atoms with Crippen LogP contribution in [0.5, 0.6) is 0 Å². The topological polar surface area (TPSA) is 66.5 Å². The number of fused-ring (bicyclic) bond motifs is 1. The molecule has 0 bridgehead atoms. The Balaban J connectivity index is 1.41. The molecular weight excluding hydrogens is 432 g/mol. The number of hydrogen-bond donors (Lipinski definition) is 1. The van der Waals surface area contributed by atoms with Crippen LogP contribution >= 0.6 is 11.6 Å². The van der Waals surface area contributed by atoms with Crippen LogP contribution in [0.1, 0.15) is 24.0 Å². The van der Waals surface area contributed by atoms with Gasteiger partial charge in [-0.1, -0.05) is 41.9 Å². The average Bonchev–Trinajstić information content (AvgIpc) is 2.79. The summed E-state index contributed by atoms with van der Waals surface area (Å²) in [5.74, 6) is -0.107. The first-order chi connectivity index (χ1) is 14.9. The van der Waals surface area contributed by atoms with Gasteiger partial charge in [0.15, 0.2) is 0 Å². The third-order valence-corrected chi connectivity index (χ3v) is 7.43. The highest BCUT2D eigenvalue weighted by atomic mass is 35.5. The Morgan fingerprint density at radius 3 is 2.42 bits per heavy atom. The second kappa shape index (κ2) is 9.12. The molecule has 0 fully saturated rings. The van der Waals surface area contributed by atoms with Gasteiger partial charge in [-0.3, -0.25) is 9.10 Å². The minimum absolute atomic E-state index is 0.107. The number of anilines is 2. The van der Waals surface area contributed by atoms with Crippen molar-refractivity contribution in [3.05, 3.63) is 88.9 Å². The van der Waals surface area contributed by atoms with Crippen LogP contribution in [-0.2, 0) is 27.7 Å². The van der Waals surface area contributed by atoms with Crippen LogP contribution in [-0.4, -0.2) is 20.9 Å². The number of benzene rings is 3. The monoisotopic (exact) mass is 454 g/mol. The third-order valence-electron chi connectivity index (χ3n) is 5.35. The van der Waals surface area contributed by atoms with Crippen LogP contribution in [0.2, 0.25) is 5.02 Å². The average molecular weight is 455 g/mol. The number of rotatable bonds is 6. The number of hydrogen-bond acceptors (Lipinski definition) is 3. The van der Waals surface area contributed by atoms with E-state index in [1.165, 1.54) is 4.31 Å². The van der Waals surface area contributed by atoms with Crippen molar-refractivity contribution in [3.63, 3.8) is 0 Å². The standard InChI is InChI=1S/C24H23ClN2O3S/c25-20-10-12-21(13-11-20)26-24(28)16-9-18-7-14-22(15-8-18)31(29,30)27-17-3-5-19-4-1-2-6-23(19)27/h1-2,4,6-8,10-15H,3,5,9,16-17H2,(H,26,28). The molecule has 0 unspecified atom stereocenters. The van der Waals surface area contributed by atoms with E-state index in [0.29, 0.717) is 30.1 Å². The first-order valence-electron chi connectivity index (χ1n) is 10.2. The fourth-order valence-electron chi connectivity index (χ4n) is 3.72. The van der Waals surface area contributed by atoms with Gasteiger partial charge >= 0.3 is 0 Å². The summed E-state index contributed by atoms with van der Waals surface area (Å²) in [6.07, 6.45) is 2.51. The smallest absolute Gasteiger partial charge is 0.264 e. The number of sulfonamides is 1. The van der Waals surface area contributed by atoms with Crippen molar-refractivity contribution in [2.24, 2.45) is 0 Å². The summed E-state index contributed by atoms with van der Waals surface area (Å²) < 4.78 is 27.9. The van der Waals surface area contributed by atoms with Crippen molar-refractivity contribution in [1.29, 1.82) is 0 Å². The molecule has 4 rings (SSSR count). The maximum Gasteiger partial charge on any atom is 0.264 e. The van der Waals surface area contributed by atoms with E-state index in [9.17, 15) is 13.2 Å². The van der Waals surface area contributed by atoms with Crippen molar-refractivity contribution in [2.45, 2.75) is 30.6 Å². The highest BCUT2D eigenvalue weighted by molar-refractivity contribution is 7.92. The molecule has 0 spiro atoms. The maximum absolute atomic E-state index is 13.2. The predicted molar refractivity (Wildman–Crippen MR) is 124 cm³/mol. The van der Waals surface area contributed by atoms with Crippen molar-refractivity contribution >= 4 is 38.9 Å². The Kier molecular flexibility index (Phi) is 6.30. The van der Waals surface area contributed by atoms with Crippen LogP contribution in [0.25, 0.3) is 0 Å². The molecule has 0 radical (unpaired) electrons. The molecular formula is C24H23ClN2O3S. The number of carbonyl (C=O) groups excluding carboxylic acids is 1. The van der Waals surface area contributed by atoms with Gasteiger partial charge in [-0.15, -0.1) is 0 Å². The minimum atomic E-state index is -3.62. The fraction of sp³-hybridized carbons (Fsp3) is 0.208. The van der Waals surface area contributed by atoms with Gasteiger partial charge in [0.2, 0.25) is 5.91 Å². The van der Waals surface area contributed by atoms with Crippen LogP contribution in [0.3, 0.4) is 0 Å². The lowest BCUT2D eigenvalue weighted by Gasteiger charge is -2.30. The van der Waals surface area contributed by atoms with E-state index in [1.54, 1.807) is 48.5 Å². The highest BCUT2D eigenvalue weighted by Gasteiger charge is 2.28. The van der Waals surface area contributed by atoms with Gasteiger partial charge in [-0.05, 0) is 72.9 Å². The molecule has 3 aromatic carbocycles. The van der Waals surface area contributed by atoms with Gasteiger partial charge in [-0.2, -0.15) is 0 Å². The Labute approximate surface area is 187 Å². The number of para-hydroxylation sites is 1. The van der Waals surface area contributed by atoms with Crippen LogP contribution in [0, 0.1) is 0 Å². The van der Waals surface area contributed by atoms with Gasteiger partial charge in [0.05, 0.1) is 10.6 Å². The fourth-order valence-corrected chi connectivity index (χ4v) is 5.39. The van der Waals surface area contributed by atoms with Crippen molar-refractivity contribution in [2.75, 3.05) is 16.2 Å². The predicted octanol–water partition coefficient (Wildman–Crippen LogP) is 5.05. The van der Waals surface area contributed by atoms with Crippen molar-refractivity contribution < 1.29 is 13.2 Å². The quantitative estimate of drug-likeness (QED) is 0.566. The molecule has 1 aliphatic rings. The number of nitrogens with one attached hydrogen (secondary N) is 1. The summed E-state index contributed by atoms with van der Waals surface area (Å²) >= 11 is 5.85. The largest absolute Gasteiger partial charge is 0.326 e. The minimum Gasteiger partial charge on any atom is -0.326 e. The second-order valence-corrected chi connectivity index (χ2v) is 9.81. The van der Waals surface area contributed by atoms with Crippen molar-refractivity contribution in [3.8, 4) is 0 Å². The Bertz CT molecular complexity index is 1180. The van der Waals surface area contributed by atoms with Gasteiger partial charge in [0, 0.05) is 23.7 Å². The van der Waals surface area contributed by atoms with Crippen LogP contribution in [0.15, 0.2) is 77.7 Å². The SMILES string of the molecule is O=C(CCc1ccc(S(=O)(=O)N2CCCc3ccccc32)cc1)Nc1ccc(Cl)cc1. The first kappa shape index (κ1) is 21.4. The molecule has 160 valence electrons. The Morgan fingerprint density at radius 2 is 1.68 bits per heavy atom. The zero-order valence-electron chi connectivity index (χ0n) is 16.9. The Hall–Kier alpha value is -2.83. The van der Waals surface area contributed by atoms with E-state index in [4.69, 9.17) is 11.6 Å². The molecule has 1 N–H and O–H groups in total.